The number of pyridine rings is 1. The first-order chi connectivity index (χ1) is 19.6. The van der Waals surface area contributed by atoms with E-state index in [4.69, 9.17) is 14.7 Å². The number of hydrogen-bond acceptors (Lipinski definition) is 3. The monoisotopic (exact) mass is 734 g/mol. The van der Waals surface area contributed by atoms with Gasteiger partial charge >= 0.3 is 21.1 Å². The van der Waals surface area contributed by atoms with Gasteiger partial charge in [-0.3, -0.25) is 4.99 Å². The molecular formula is C37H37N3OPt. The van der Waals surface area contributed by atoms with E-state index in [1.165, 1.54) is 29.2 Å². The number of benzene rings is 3. The van der Waals surface area contributed by atoms with Gasteiger partial charge in [-0.25, -0.2) is 0 Å². The molecule has 0 N–H and O–H groups in total. The number of aliphatic imine (C=N–C) groups is 1. The fourth-order valence-electron chi connectivity index (χ4n) is 6.66. The van der Waals surface area contributed by atoms with Crippen molar-refractivity contribution in [2.45, 2.75) is 84.3 Å². The van der Waals surface area contributed by atoms with Crippen LogP contribution in [-0.4, -0.2) is 27.1 Å². The van der Waals surface area contributed by atoms with Gasteiger partial charge in [0.25, 0.3) is 0 Å². The Kier molecular flexibility index (Phi) is 7.21. The molecule has 0 saturated heterocycles. The minimum absolute atomic E-state index is 0. The van der Waals surface area contributed by atoms with Crippen molar-refractivity contribution in [3.63, 3.8) is 0 Å². The van der Waals surface area contributed by atoms with Crippen molar-refractivity contribution in [2.75, 3.05) is 0 Å². The molecule has 5 aromatic rings. The molecule has 0 radical (unpaired) electrons. The van der Waals surface area contributed by atoms with Gasteiger partial charge in [0.1, 0.15) is 12.0 Å². The van der Waals surface area contributed by atoms with Crippen molar-refractivity contribution in [3.05, 3.63) is 95.2 Å². The number of rotatable bonds is 3. The molecule has 4 nitrogen and oxygen atoms in total. The van der Waals surface area contributed by atoms with Crippen LogP contribution in [0.4, 0.5) is 0 Å². The van der Waals surface area contributed by atoms with Gasteiger partial charge in [0, 0.05) is 11.7 Å². The molecule has 0 bridgehead atoms. The van der Waals surface area contributed by atoms with Crippen molar-refractivity contribution >= 4 is 27.7 Å². The van der Waals surface area contributed by atoms with Crippen LogP contribution in [0.2, 0.25) is 0 Å². The first-order valence-corrected chi connectivity index (χ1v) is 14.9. The van der Waals surface area contributed by atoms with Gasteiger partial charge in [0.05, 0.1) is 5.54 Å². The number of para-hydroxylation sites is 1. The Labute approximate surface area is 263 Å². The summed E-state index contributed by atoms with van der Waals surface area (Å²) in [5.74, 6) is 0.742. The summed E-state index contributed by atoms with van der Waals surface area (Å²) in [6, 6.07) is 27.1. The second-order valence-corrected chi connectivity index (χ2v) is 13.2. The summed E-state index contributed by atoms with van der Waals surface area (Å²) in [6.45, 7) is 13.3. The molecule has 2 atom stereocenters. The maximum absolute atomic E-state index is 6.53. The molecule has 2 aliphatic rings. The third-order valence-corrected chi connectivity index (χ3v) is 9.07. The standard InChI is InChI=1S/C37H37N3O.Pt/c1-23-19-24(2)32(22-29(23)35-39-37(6)17-10-9-13-34(37)41-35)40-31-12-8-7-11-27(31)28-15-14-25(20-33(28)40)30-21-26(16-18-38-30)36(3,4)5;/h7-8,11-12,14-16,18-19,21,34H,9-10,13,17H2,1-6H3;/q-2;+2/t34-,37-;/m0./s1. The van der Waals surface area contributed by atoms with Crippen LogP contribution in [0.5, 0.6) is 0 Å². The predicted molar refractivity (Wildman–Crippen MR) is 168 cm³/mol. The molecule has 5 heteroatoms. The zero-order valence-electron chi connectivity index (χ0n) is 25.2. The molecule has 0 spiro atoms. The number of nitrogens with zero attached hydrogens (tertiary/aromatic N) is 3. The molecule has 1 saturated carbocycles. The van der Waals surface area contributed by atoms with E-state index in [1.807, 2.05) is 6.20 Å². The summed E-state index contributed by atoms with van der Waals surface area (Å²) in [5.41, 5.74) is 9.51. The Morgan fingerprint density at radius 1 is 0.952 bits per heavy atom. The van der Waals surface area contributed by atoms with Crippen molar-refractivity contribution in [1.29, 1.82) is 0 Å². The van der Waals surface area contributed by atoms with E-state index in [1.54, 1.807) is 0 Å². The molecule has 42 heavy (non-hydrogen) atoms. The number of aryl methyl sites for hydroxylation is 2. The Hall–Kier alpha value is -3.23. The maximum Gasteiger partial charge on any atom is 2.00 e. The van der Waals surface area contributed by atoms with Crippen molar-refractivity contribution in [1.82, 2.24) is 9.55 Å². The molecule has 3 aromatic carbocycles. The van der Waals surface area contributed by atoms with Gasteiger partial charge in [-0.1, -0.05) is 76.3 Å². The Bertz CT molecular complexity index is 1860. The topological polar surface area (TPSA) is 39.4 Å². The minimum atomic E-state index is -0.136. The van der Waals surface area contributed by atoms with Crippen LogP contribution in [0.1, 0.15) is 75.6 Å². The van der Waals surface area contributed by atoms with Gasteiger partial charge in [0.2, 0.25) is 0 Å². The quantitative estimate of drug-likeness (QED) is 0.174. The molecule has 1 fully saturated rings. The van der Waals surface area contributed by atoms with Crippen LogP contribution in [0.15, 0.2) is 65.8 Å². The first kappa shape index (κ1) is 28.9. The zero-order valence-corrected chi connectivity index (χ0v) is 27.5. The Balaban J connectivity index is 0.00000316. The molecule has 1 aliphatic carbocycles. The van der Waals surface area contributed by atoms with Gasteiger partial charge in [0.15, 0.2) is 0 Å². The number of fused-ring (bicyclic) bond motifs is 4. The SMILES string of the molecule is Cc1cc(C)c(-n2c3[c-]c(-c4cc(C(C)(C)C)ccn4)ccc3c3ccccc32)[c-]c1C1=N[C@@]2(C)CCCC[C@@H]2O1.[Pt+2]. The molecule has 3 heterocycles. The van der Waals surface area contributed by atoms with Crippen LogP contribution in [0.3, 0.4) is 0 Å². The van der Waals surface area contributed by atoms with Crippen molar-refractivity contribution < 1.29 is 25.8 Å². The number of aromatic nitrogens is 2. The Morgan fingerprint density at radius 3 is 2.55 bits per heavy atom. The summed E-state index contributed by atoms with van der Waals surface area (Å²) in [5, 5.41) is 2.36. The molecule has 216 valence electrons. The zero-order chi connectivity index (χ0) is 28.5. The number of ether oxygens (including phenoxy) is 1. The summed E-state index contributed by atoms with van der Waals surface area (Å²) in [7, 11) is 0. The largest absolute Gasteiger partial charge is 2.00 e. The normalized spacial score (nSPS) is 20.2. The third kappa shape index (κ3) is 4.73. The van der Waals surface area contributed by atoms with Gasteiger partial charge in [-0.2, -0.15) is 0 Å². The summed E-state index contributed by atoms with van der Waals surface area (Å²) >= 11 is 0. The fourth-order valence-corrected chi connectivity index (χ4v) is 6.66. The van der Waals surface area contributed by atoms with Crippen LogP contribution >= 0.6 is 0 Å². The predicted octanol–water partition coefficient (Wildman–Crippen LogP) is 8.84. The van der Waals surface area contributed by atoms with Crippen LogP contribution in [0, 0.1) is 26.0 Å². The van der Waals surface area contributed by atoms with Crippen molar-refractivity contribution in [3.8, 4) is 16.9 Å². The molecule has 1 aliphatic heterocycles. The second-order valence-electron chi connectivity index (χ2n) is 13.2. The van der Waals surface area contributed by atoms with Crippen LogP contribution in [-0.2, 0) is 31.2 Å². The first-order valence-electron chi connectivity index (χ1n) is 14.9. The van der Waals surface area contributed by atoms with E-state index < -0.39 is 0 Å². The smallest absolute Gasteiger partial charge is 0.514 e. The molecule has 2 aromatic heterocycles. The average Bonchev–Trinajstić information content (AvgIpc) is 3.47. The van der Waals surface area contributed by atoms with Gasteiger partial charge < -0.3 is 14.3 Å². The van der Waals surface area contributed by atoms with Gasteiger partial charge in [-0.15, -0.1) is 47.0 Å². The fraction of sp³-hybridized carbons (Fsp3) is 0.351. The van der Waals surface area contributed by atoms with E-state index in [0.29, 0.717) is 0 Å². The van der Waals surface area contributed by atoms with E-state index >= 15 is 0 Å². The van der Waals surface area contributed by atoms with E-state index in [2.05, 4.69) is 113 Å². The van der Waals surface area contributed by atoms with Crippen molar-refractivity contribution in [2.24, 2.45) is 4.99 Å². The van der Waals surface area contributed by atoms with E-state index in [9.17, 15) is 0 Å². The minimum Gasteiger partial charge on any atom is -0.514 e. The summed E-state index contributed by atoms with van der Waals surface area (Å²) < 4.78 is 8.84. The maximum atomic E-state index is 6.53. The average molecular weight is 735 g/mol. The summed E-state index contributed by atoms with van der Waals surface area (Å²) in [4.78, 5) is 9.91. The molecule has 0 amide bonds. The second kappa shape index (κ2) is 10.5. The van der Waals surface area contributed by atoms with Crippen LogP contribution < -0.4 is 0 Å². The molecule has 0 unspecified atom stereocenters. The number of hydrogen-bond donors (Lipinski definition) is 0. The van der Waals surface area contributed by atoms with E-state index in [-0.39, 0.29) is 38.1 Å². The summed E-state index contributed by atoms with van der Waals surface area (Å²) in [6.07, 6.45) is 6.63. The van der Waals surface area contributed by atoms with Gasteiger partial charge in [-0.05, 0) is 71.6 Å². The molecule has 7 rings (SSSR count). The Morgan fingerprint density at radius 2 is 1.76 bits per heavy atom. The molecular weight excluding hydrogens is 698 g/mol. The third-order valence-electron chi connectivity index (χ3n) is 9.07. The van der Waals surface area contributed by atoms with E-state index in [0.717, 1.165) is 63.4 Å². The van der Waals surface area contributed by atoms with Crippen LogP contribution in [0.25, 0.3) is 38.8 Å².